The number of nitrogens with one attached hydrogen (secondary N) is 1. The quantitative estimate of drug-likeness (QED) is 0.388. The van der Waals surface area contributed by atoms with E-state index in [0.29, 0.717) is 6.04 Å². The summed E-state index contributed by atoms with van der Waals surface area (Å²) in [6.45, 7) is 1.92. The van der Waals surface area contributed by atoms with Crippen LogP contribution >= 0.6 is 23.1 Å². The van der Waals surface area contributed by atoms with Gasteiger partial charge in [-0.25, -0.2) is 0 Å². The molecule has 0 bridgehead atoms. The van der Waals surface area contributed by atoms with Gasteiger partial charge < -0.3 is 9.88 Å². The molecule has 2 aromatic heterocycles. The van der Waals surface area contributed by atoms with Crippen molar-refractivity contribution in [2.45, 2.75) is 42.6 Å². The Labute approximate surface area is 183 Å². The van der Waals surface area contributed by atoms with E-state index in [2.05, 4.69) is 49.7 Å². The van der Waals surface area contributed by atoms with E-state index in [1.54, 1.807) is 11.3 Å². The molecule has 1 atom stereocenters. The summed E-state index contributed by atoms with van der Waals surface area (Å²) in [4.78, 5) is 14.1. The van der Waals surface area contributed by atoms with E-state index in [0.717, 1.165) is 46.7 Å². The molecular formula is C23H22N4OS2. The van der Waals surface area contributed by atoms with Crippen LogP contribution in [0.2, 0.25) is 0 Å². The molecule has 1 amide bonds. The summed E-state index contributed by atoms with van der Waals surface area (Å²) in [7, 11) is 0. The Bertz CT molecular complexity index is 1180. The summed E-state index contributed by atoms with van der Waals surface area (Å²) in [5, 5.41) is 16.9. The molecule has 1 aliphatic rings. The highest BCUT2D eigenvalue weighted by molar-refractivity contribution is 8.00. The van der Waals surface area contributed by atoms with Crippen molar-refractivity contribution in [1.29, 1.82) is 0 Å². The number of fused-ring (bicyclic) bond motifs is 1. The predicted octanol–water partition coefficient (Wildman–Crippen LogP) is 5.54. The molecule has 7 heteroatoms. The topological polar surface area (TPSA) is 59.8 Å². The maximum absolute atomic E-state index is 12.8. The summed E-state index contributed by atoms with van der Waals surface area (Å²) >= 11 is 3.22. The average molecular weight is 435 g/mol. The number of nitrogens with zero attached hydrogens (tertiary/aromatic N) is 3. The number of aromatic nitrogens is 3. The minimum absolute atomic E-state index is 0.0274. The molecule has 1 fully saturated rings. The summed E-state index contributed by atoms with van der Waals surface area (Å²) in [5.74, 6) is 0.963. The van der Waals surface area contributed by atoms with E-state index in [1.807, 2.05) is 37.3 Å². The third-order valence-electron chi connectivity index (χ3n) is 5.23. The molecule has 0 saturated heterocycles. The lowest BCUT2D eigenvalue weighted by Crippen LogP contribution is -2.23. The number of carbonyl (C=O) groups excluding carboxylic acids is 1. The van der Waals surface area contributed by atoms with Crippen LogP contribution in [0.1, 0.15) is 36.5 Å². The third kappa shape index (κ3) is 4.13. The van der Waals surface area contributed by atoms with E-state index in [-0.39, 0.29) is 11.2 Å². The van der Waals surface area contributed by atoms with Gasteiger partial charge in [-0.05, 0) is 54.1 Å². The molecule has 0 radical (unpaired) electrons. The molecule has 0 spiro atoms. The van der Waals surface area contributed by atoms with Crippen molar-refractivity contribution < 1.29 is 4.79 Å². The molecule has 5 nitrogen and oxygen atoms in total. The van der Waals surface area contributed by atoms with Gasteiger partial charge >= 0.3 is 0 Å². The van der Waals surface area contributed by atoms with Crippen LogP contribution in [0, 0.1) is 0 Å². The largest absolute Gasteiger partial charge is 0.325 e. The highest BCUT2D eigenvalue weighted by atomic mass is 32.2. The number of anilines is 1. The van der Waals surface area contributed by atoms with Crippen molar-refractivity contribution >= 4 is 45.5 Å². The monoisotopic (exact) mass is 434 g/mol. The number of benzene rings is 2. The van der Waals surface area contributed by atoms with Crippen LogP contribution in [0.4, 0.5) is 5.69 Å². The molecule has 5 rings (SSSR count). The van der Waals surface area contributed by atoms with Crippen molar-refractivity contribution in [2.24, 2.45) is 0 Å². The lowest BCUT2D eigenvalue weighted by molar-refractivity contribution is -0.115. The summed E-state index contributed by atoms with van der Waals surface area (Å²) in [6, 6.07) is 18.8. The van der Waals surface area contributed by atoms with Gasteiger partial charge in [-0.1, -0.05) is 48.2 Å². The van der Waals surface area contributed by atoms with E-state index < -0.39 is 0 Å². The Morgan fingerprint density at radius 3 is 2.77 bits per heavy atom. The second kappa shape index (κ2) is 8.24. The first kappa shape index (κ1) is 19.3. The van der Waals surface area contributed by atoms with Crippen LogP contribution in [0.15, 0.2) is 65.1 Å². The van der Waals surface area contributed by atoms with Crippen LogP contribution in [0.25, 0.3) is 10.8 Å². The van der Waals surface area contributed by atoms with Gasteiger partial charge in [-0.15, -0.1) is 21.5 Å². The van der Waals surface area contributed by atoms with Gasteiger partial charge in [0, 0.05) is 23.0 Å². The van der Waals surface area contributed by atoms with Gasteiger partial charge in [0.25, 0.3) is 0 Å². The van der Waals surface area contributed by atoms with E-state index in [4.69, 9.17) is 0 Å². The van der Waals surface area contributed by atoms with Crippen molar-refractivity contribution in [1.82, 2.24) is 14.8 Å². The van der Waals surface area contributed by atoms with Crippen molar-refractivity contribution in [3.05, 3.63) is 70.7 Å². The zero-order valence-electron chi connectivity index (χ0n) is 16.6. The first-order chi connectivity index (χ1) is 14.7. The number of thiophene rings is 1. The molecule has 2 aromatic carbocycles. The number of rotatable bonds is 7. The van der Waals surface area contributed by atoms with Crippen molar-refractivity contribution in [2.75, 3.05) is 5.32 Å². The minimum Gasteiger partial charge on any atom is -0.325 e. The number of hydrogen-bond donors (Lipinski definition) is 1. The summed E-state index contributed by atoms with van der Waals surface area (Å²) < 4.78 is 2.24. The molecule has 0 unspecified atom stereocenters. The standard InChI is InChI=1S/C23H22N4OS2/c1-15(22(28)24-18-9-8-16-5-2-3-6-17(16)13-18)30-23-26-25-21(27(23)19-10-11-19)14-20-7-4-12-29-20/h2-9,12-13,15,19H,10-11,14H2,1H3,(H,24,28)/t15-/m0/s1. The second-order valence-corrected chi connectivity index (χ2v) is 9.91. The van der Waals surface area contributed by atoms with Crippen LogP contribution in [-0.4, -0.2) is 25.9 Å². The fourth-order valence-corrected chi connectivity index (χ4v) is 5.14. The van der Waals surface area contributed by atoms with Crippen LogP contribution in [0.3, 0.4) is 0 Å². The number of amides is 1. The molecule has 1 saturated carbocycles. The van der Waals surface area contributed by atoms with Crippen LogP contribution < -0.4 is 5.32 Å². The lowest BCUT2D eigenvalue weighted by atomic mass is 10.1. The van der Waals surface area contributed by atoms with E-state index in [1.165, 1.54) is 16.6 Å². The van der Waals surface area contributed by atoms with Crippen molar-refractivity contribution in [3.8, 4) is 0 Å². The fourth-order valence-electron chi connectivity index (χ4n) is 3.50. The van der Waals surface area contributed by atoms with Gasteiger partial charge in [0.05, 0.1) is 5.25 Å². The molecular weight excluding hydrogens is 412 g/mol. The molecule has 2 heterocycles. The molecule has 30 heavy (non-hydrogen) atoms. The first-order valence-corrected chi connectivity index (χ1v) is 11.9. The number of carbonyl (C=O) groups is 1. The molecule has 1 N–H and O–H groups in total. The highest BCUT2D eigenvalue weighted by Gasteiger charge is 2.31. The van der Waals surface area contributed by atoms with Gasteiger partial charge in [-0.2, -0.15) is 0 Å². The zero-order valence-corrected chi connectivity index (χ0v) is 18.2. The average Bonchev–Trinajstić information content (AvgIpc) is 3.31. The van der Waals surface area contributed by atoms with E-state index in [9.17, 15) is 4.79 Å². The first-order valence-electron chi connectivity index (χ1n) is 10.1. The lowest BCUT2D eigenvalue weighted by Gasteiger charge is -2.13. The minimum atomic E-state index is -0.271. The normalized spacial score (nSPS) is 14.7. The zero-order chi connectivity index (χ0) is 20.5. The summed E-state index contributed by atoms with van der Waals surface area (Å²) in [5.41, 5.74) is 0.813. The molecule has 0 aliphatic heterocycles. The number of hydrogen-bond acceptors (Lipinski definition) is 5. The number of thioether (sulfide) groups is 1. The van der Waals surface area contributed by atoms with Crippen molar-refractivity contribution in [3.63, 3.8) is 0 Å². The predicted molar refractivity (Wildman–Crippen MR) is 123 cm³/mol. The summed E-state index contributed by atoms with van der Waals surface area (Å²) in [6.07, 6.45) is 3.10. The van der Waals surface area contributed by atoms with E-state index >= 15 is 0 Å². The Morgan fingerprint density at radius 1 is 1.17 bits per heavy atom. The van der Waals surface area contributed by atoms with Gasteiger partial charge in [0.15, 0.2) is 5.16 Å². The maximum atomic E-state index is 12.8. The maximum Gasteiger partial charge on any atom is 0.237 e. The Morgan fingerprint density at radius 2 is 2.00 bits per heavy atom. The van der Waals surface area contributed by atoms with Gasteiger partial charge in [-0.3, -0.25) is 4.79 Å². The molecule has 152 valence electrons. The Kier molecular flexibility index (Phi) is 5.31. The molecule has 4 aromatic rings. The van der Waals surface area contributed by atoms with Gasteiger partial charge in [0.2, 0.25) is 5.91 Å². The third-order valence-corrected chi connectivity index (χ3v) is 7.16. The van der Waals surface area contributed by atoms with Crippen LogP contribution in [0.5, 0.6) is 0 Å². The molecule has 1 aliphatic carbocycles. The van der Waals surface area contributed by atoms with Gasteiger partial charge in [0.1, 0.15) is 5.82 Å². The Hall–Kier alpha value is -2.64. The second-order valence-electron chi connectivity index (χ2n) is 7.57. The smallest absolute Gasteiger partial charge is 0.237 e. The Balaban J connectivity index is 1.30. The highest BCUT2D eigenvalue weighted by Crippen LogP contribution is 2.40. The van der Waals surface area contributed by atoms with Crippen LogP contribution in [-0.2, 0) is 11.2 Å². The fraction of sp³-hybridized carbons (Fsp3) is 0.261. The SMILES string of the molecule is C[C@H](Sc1nnc(Cc2cccs2)n1C1CC1)C(=O)Nc1ccc2ccccc2c1.